The van der Waals surface area contributed by atoms with E-state index in [0.29, 0.717) is 19.3 Å². The predicted octanol–water partition coefficient (Wildman–Crippen LogP) is 4.88. The predicted molar refractivity (Wildman–Crippen MR) is 72.1 cm³/mol. The van der Waals surface area contributed by atoms with Crippen LogP contribution in [-0.2, 0) is 11.8 Å². The van der Waals surface area contributed by atoms with Crippen LogP contribution in [-0.4, -0.2) is 5.11 Å². The molecule has 118 valence electrons. The Balaban J connectivity index is 2.42. The molecule has 2 atom stereocenters. The molecule has 1 aromatic carbocycles. The van der Waals surface area contributed by atoms with E-state index in [-0.39, 0.29) is 16.9 Å². The van der Waals surface area contributed by atoms with E-state index in [1.807, 2.05) is 6.92 Å². The summed E-state index contributed by atoms with van der Waals surface area (Å²) in [4.78, 5) is 0. The topological polar surface area (TPSA) is 20.2 Å². The Morgan fingerprint density at radius 2 is 1.81 bits per heavy atom. The van der Waals surface area contributed by atoms with Crippen molar-refractivity contribution in [1.29, 1.82) is 0 Å². The second kappa shape index (κ2) is 4.97. The van der Waals surface area contributed by atoms with Gasteiger partial charge in [0.2, 0.25) is 0 Å². The minimum absolute atomic E-state index is 0.0541. The monoisotopic (exact) mass is 304 g/mol. The van der Waals surface area contributed by atoms with Gasteiger partial charge in [0.25, 0.3) is 0 Å². The standard InChI is InChI=1S/C16H20F4O/c1-10-9-14(2,3)6-7-15(10,21)11-4-5-13(17)12(8-11)16(18,19)20/h4-5,8,10,21H,6-7,9H2,1-3H3. The molecule has 0 amide bonds. The largest absolute Gasteiger partial charge is 0.419 e. The lowest BCUT2D eigenvalue weighted by Gasteiger charge is -2.45. The molecule has 1 fully saturated rings. The van der Waals surface area contributed by atoms with Gasteiger partial charge in [-0.05, 0) is 48.3 Å². The van der Waals surface area contributed by atoms with Crippen LogP contribution in [0.3, 0.4) is 0 Å². The fraction of sp³-hybridized carbons (Fsp3) is 0.625. The van der Waals surface area contributed by atoms with E-state index in [4.69, 9.17) is 0 Å². The van der Waals surface area contributed by atoms with Gasteiger partial charge >= 0.3 is 6.18 Å². The molecule has 0 saturated heterocycles. The zero-order valence-electron chi connectivity index (χ0n) is 12.4. The summed E-state index contributed by atoms with van der Waals surface area (Å²) in [6, 6.07) is 2.81. The summed E-state index contributed by atoms with van der Waals surface area (Å²) >= 11 is 0. The fourth-order valence-electron chi connectivity index (χ4n) is 3.32. The molecule has 0 spiro atoms. The molecule has 1 aliphatic carbocycles. The van der Waals surface area contributed by atoms with Crippen molar-refractivity contribution in [3.05, 3.63) is 35.1 Å². The Kier molecular flexibility index (Phi) is 3.85. The average Bonchev–Trinajstić information content (AvgIpc) is 2.33. The number of aliphatic hydroxyl groups is 1. The molecule has 0 bridgehead atoms. The van der Waals surface area contributed by atoms with Gasteiger partial charge < -0.3 is 5.11 Å². The highest BCUT2D eigenvalue weighted by Gasteiger charge is 2.45. The van der Waals surface area contributed by atoms with E-state index >= 15 is 0 Å². The van der Waals surface area contributed by atoms with Crippen LogP contribution < -0.4 is 0 Å². The van der Waals surface area contributed by atoms with Crippen LogP contribution in [0.15, 0.2) is 18.2 Å². The zero-order valence-corrected chi connectivity index (χ0v) is 12.4. The quantitative estimate of drug-likeness (QED) is 0.733. The SMILES string of the molecule is CC1CC(C)(C)CCC1(O)c1ccc(F)c(C(F)(F)F)c1. The van der Waals surface area contributed by atoms with Crippen molar-refractivity contribution in [1.82, 2.24) is 0 Å². The minimum Gasteiger partial charge on any atom is -0.385 e. The van der Waals surface area contributed by atoms with Crippen molar-refractivity contribution in [3.63, 3.8) is 0 Å². The van der Waals surface area contributed by atoms with Crippen LogP contribution in [0, 0.1) is 17.2 Å². The van der Waals surface area contributed by atoms with Crippen LogP contribution in [0.4, 0.5) is 17.6 Å². The van der Waals surface area contributed by atoms with Crippen LogP contribution in [0.1, 0.15) is 51.2 Å². The number of alkyl halides is 3. The van der Waals surface area contributed by atoms with Gasteiger partial charge in [-0.3, -0.25) is 0 Å². The third-order valence-corrected chi connectivity index (χ3v) is 4.63. The first-order valence-corrected chi connectivity index (χ1v) is 7.05. The Hall–Kier alpha value is -1.10. The molecule has 1 nitrogen and oxygen atoms in total. The molecule has 5 heteroatoms. The second-order valence-electron chi connectivity index (χ2n) is 6.89. The van der Waals surface area contributed by atoms with Crippen molar-refractivity contribution in [2.24, 2.45) is 11.3 Å². The molecule has 2 rings (SSSR count). The van der Waals surface area contributed by atoms with E-state index in [9.17, 15) is 22.7 Å². The summed E-state index contributed by atoms with van der Waals surface area (Å²) < 4.78 is 51.8. The lowest BCUT2D eigenvalue weighted by atomic mass is 9.63. The summed E-state index contributed by atoms with van der Waals surface area (Å²) in [5.74, 6) is -1.49. The Bertz CT molecular complexity index is 536. The minimum atomic E-state index is -4.76. The molecule has 2 unspecified atom stereocenters. The molecule has 0 aliphatic heterocycles. The number of halogens is 4. The lowest BCUT2D eigenvalue weighted by molar-refractivity contribution is -0.140. The summed E-state index contributed by atoms with van der Waals surface area (Å²) in [7, 11) is 0. The first-order valence-electron chi connectivity index (χ1n) is 7.05. The molecule has 0 radical (unpaired) electrons. The van der Waals surface area contributed by atoms with Gasteiger partial charge in [-0.15, -0.1) is 0 Å². The second-order valence-corrected chi connectivity index (χ2v) is 6.89. The maximum atomic E-state index is 13.4. The third kappa shape index (κ3) is 3.07. The molecule has 1 aromatic rings. The first-order chi connectivity index (χ1) is 9.46. The van der Waals surface area contributed by atoms with E-state index < -0.39 is 23.2 Å². The summed E-state index contributed by atoms with van der Waals surface area (Å²) in [5, 5.41) is 10.8. The highest BCUT2D eigenvalue weighted by molar-refractivity contribution is 5.32. The molecular formula is C16H20F4O. The van der Waals surface area contributed by atoms with Crippen LogP contribution >= 0.6 is 0 Å². The van der Waals surface area contributed by atoms with E-state index in [1.54, 1.807) is 0 Å². The Labute approximate surface area is 122 Å². The van der Waals surface area contributed by atoms with Crippen molar-refractivity contribution >= 4 is 0 Å². The van der Waals surface area contributed by atoms with Gasteiger partial charge in [0.05, 0.1) is 11.2 Å². The summed E-state index contributed by atoms with van der Waals surface area (Å²) in [6.07, 6.45) is -2.95. The van der Waals surface area contributed by atoms with E-state index in [1.165, 1.54) is 6.07 Å². The normalized spacial score (nSPS) is 29.4. The van der Waals surface area contributed by atoms with Gasteiger partial charge in [0, 0.05) is 0 Å². The lowest BCUT2D eigenvalue weighted by Crippen LogP contribution is -2.41. The average molecular weight is 304 g/mol. The van der Waals surface area contributed by atoms with Crippen LogP contribution in [0.5, 0.6) is 0 Å². The van der Waals surface area contributed by atoms with Crippen molar-refractivity contribution in [2.45, 2.75) is 51.8 Å². The number of hydrogen-bond donors (Lipinski definition) is 1. The molecular weight excluding hydrogens is 284 g/mol. The maximum Gasteiger partial charge on any atom is 0.419 e. The summed E-state index contributed by atoms with van der Waals surface area (Å²) in [5.41, 5.74) is -2.44. The van der Waals surface area contributed by atoms with Gasteiger partial charge in [-0.25, -0.2) is 4.39 Å². The smallest absolute Gasteiger partial charge is 0.385 e. The van der Waals surface area contributed by atoms with Crippen LogP contribution in [0.2, 0.25) is 0 Å². The fourth-order valence-corrected chi connectivity index (χ4v) is 3.32. The van der Waals surface area contributed by atoms with Gasteiger partial charge in [-0.2, -0.15) is 13.2 Å². The van der Waals surface area contributed by atoms with Crippen molar-refractivity contribution in [2.75, 3.05) is 0 Å². The Morgan fingerprint density at radius 3 is 2.33 bits per heavy atom. The zero-order chi connectivity index (χ0) is 16.1. The van der Waals surface area contributed by atoms with Crippen molar-refractivity contribution in [3.8, 4) is 0 Å². The Morgan fingerprint density at radius 1 is 1.19 bits per heavy atom. The first kappa shape index (κ1) is 16.3. The third-order valence-electron chi connectivity index (χ3n) is 4.63. The van der Waals surface area contributed by atoms with Gasteiger partial charge in [0.1, 0.15) is 5.82 Å². The molecule has 1 aliphatic rings. The molecule has 21 heavy (non-hydrogen) atoms. The molecule has 0 heterocycles. The highest BCUT2D eigenvalue weighted by Crippen LogP contribution is 2.49. The van der Waals surface area contributed by atoms with Gasteiger partial charge in [-0.1, -0.05) is 26.8 Å². The molecule has 0 aromatic heterocycles. The number of benzene rings is 1. The maximum absolute atomic E-state index is 13.4. The van der Waals surface area contributed by atoms with Gasteiger partial charge in [0.15, 0.2) is 0 Å². The number of rotatable bonds is 1. The van der Waals surface area contributed by atoms with Crippen molar-refractivity contribution < 1.29 is 22.7 Å². The molecule has 1 saturated carbocycles. The summed E-state index contributed by atoms with van der Waals surface area (Å²) in [6.45, 7) is 5.99. The number of hydrogen-bond acceptors (Lipinski definition) is 1. The van der Waals surface area contributed by atoms with E-state index in [2.05, 4.69) is 13.8 Å². The van der Waals surface area contributed by atoms with E-state index in [0.717, 1.165) is 12.1 Å². The molecule has 1 N–H and O–H groups in total. The highest BCUT2D eigenvalue weighted by atomic mass is 19.4. The van der Waals surface area contributed by atoms with Crippen LogP contribution in [0.25, 0.3) is 0 Å².